The highest BCUT2D eigenvalue weighted by molar-refractivity contribution is 5.75. The Hall–Kier alpha value is -0.770. The van der Waals surface area contributed by atoms with Crippen molar-refractivity contribution in [1.82, 2.24) is 10.6 Å². The molecule has 120 valence electrons. The molecule has 4 bridgehead atoms. The van der Waals surface area contributed by atoms with Crippen LogP contribution in [0.5, 0.6) is 0 Å². The van der Waals surface area contributed by atoms with Crippen LogP contribution in [0.15, 0.2) is 0 Å². The summed E-state index contributed by atoms with van der Waals surface area (Å²) in [5.41, 5.74) is 6.14. The second kappa shape index (κ2) is 5.79. The summed E-state index contributed by atoms with van der Waals surface area (Å²) in [6.07, 6.45) is 8.77. The lowest BCUT2D eigenvalue weighted by molar-refractivity contribution is -0.0135. The van der Waals surface area contributed by atoms with Crippen molar-refractivity contribution >= 4 is 6.03 Å². The minimum atomic E-state index is -0.00356. The standard InChI is InChI=1S/C17H31N3O/c1-11(2)3-15(18)10-19-16(21)20-17-7-12-4-13(8-17)6-14(5-12)9-17/h11-15H,3-10,18H2,1-2H3,(H2,19,20,21). The van der Waals surface area contributed by atoms with Crippen molar-refractivity contribution in [2.24, 2.45) is 29.4 Å². The molecule has 4 fully saturated rings. The summed E-state index contributed by atoms with van der Waals surface area (Å²) in [4.78, 5) is 12.2. The number of nitrogens with one attached hydrogen (secondary N) is 2. The molecule has 2 amide bonds. The van der Waals surface area contributed by atoms with E-state index in [1.165, 1.54) is 38.5 Å². The van der Waals surface area contributed by atoms with Crippen molar-refractivity contribution in [1.29, 1.82) is 0 Å². The van der Waals surface area contributed by atoms with E-state index in [1.807, 2.05) is 0 Å². The summed E-state index contributed by atoms with van der Waals surface area (Å²) < 4.78 is 0. The molecule has 1 unspecified atom stereocenters. The third-order valence-electron chi connectivity index (χ3n) is 5.72. The van der Waals surface area contributed by atoms with Gasteiger partial charge in [0.25, 0.3) is 0 Å². The van der Waals surface area contributed by atoms with E-state index in [4.69, 9.17) is 5.73 Å². The molecule has 0 aromatic heterocycles. The molecule has 0 radical (unpaired) electrons. The first-order chi connectivity index (χ1) is 9.94. The summed E-state index contributed by atoms with van der Waals surface area (Å²) in [6, 6.07) is 0.0586. The van der Waals surface area contributed by atoms with Crippen molar-refractivity contribution in [3.63, 3.8) is 0 Å². The maximum absolute atomic E-state index is 12.2. The Morgan fingerprint density at radius 2 is 1.67 bits per heavy atom. The van der Waals surface area contributed by atoms with Crippen molar-refractivity contribution in [3.8, 4) is 0 Å². The Morgan fingerprint density at radius 1 is 1.14 bits per heavy atom. The smallest absolute Gasteiger partial charge is 0.315 e. The van der Waals surface area contributed by atoms with Crippen LogP contribution in [-0.2, 0) is 0 Å². The molecule has 4 heteroatoms. The van der Waals surface area contributed by atoms with Gasteiger partial charge >= 0.3 is 6.03 Å². The van der Waals surface area contributed by atoms with Gasteiger partial charge in [0.2, 0.25) is 0 Å². The fraction of sp³-hybridized carbons (Fsp3) is 0.941. The zero-order valence-corrected chi connectivity index (χ0v) is 13.5. The fourth-order valence-electron chi connectivity index (χ4n) is 5.46. The molecule has 0 heterocycles. The molecule has 0 saturated heterocycles. The number of hydrogen-bond acceptors (Lipinski definition) is 2. The predicted molar refractivity (Wildman–Crippen MR) is 84.9 cm³/mol. The first-order valence-corrected chi connectivity index (χ1v) is 8.76. The second-order valence-electron chi connectivity index (χ2n) is 8.42. The van der Waals surface area contributed by atoms with E-state index < -0.39 is 0 Å². The van der Waals surface area contributed by atoms with E-state index in [9.17, 15) is 4.79 Å². The van der Waals surface area contributed by atoms with Gasteiger partial charge in [-0.2, -0.15) is 0 Å². The molecule has 4 aliphatic rings. The lowest BCUT2D eigenvalue weighted by atomic mass is 9.53. The highest BCUT2D eigenvalue weighted by Crippen LogP contribution is 2.55. The summed E-state index contributed by atoms with van der Waals surface area (Å²) in [6.45, 7) is 4.90. The van der Waals surface area contributed by atoms with Crippen molar-refractivity contribution in [2.45, 2.75) is 70.4 Å². The fourth-order valence-corrected chi connectivity index (χ4v) is 5.46. The van der Waals surface area contributed by atoms with Crippen LogP contribution in [-0.4, -0.2) is 24.2 Å². The van der Waals surface area contributed by atoms with Gasteiger partial charge in [-0.15, -0.1) is 0 Å². The molecule has 4 rings (SSSR count). The van der Waals surface area contributed by atoms with Crippen LogP contribution < -0.4 is 16.4 Å². The van der Waals surface area contributed by atoms with Crippen LogP contribution in [0.1, 0.15) is 58.8 Å². The van der Waals surface area contributed by atoms with Crippen molar-refractivity contribution in [3.05, 3.63) is 0 Å². The Morgan fingerprint density at radius 3 is 2.14 bits per heavy atom. The summed E-state index contributed by atoms with van der Waals surface area (Å²) in [7, 11) is 0. The van der Waals surface area contributed by atoms with Crippen molar-refractivity contribution < 1.29 is 4.79 Å². The summed E-state index contributed by atoms with van der Waals surface area (Å²) in [5, 5.41) is 6.32. The van der Waals surface area contributed by atoms with Gasteiger partial charge in [-0.05, 0) is 68.6 Å². The van der Waals surface area contributed by atoms with E-state index in [1.54, 1.807) is 0 Å². The minimum Gasteiger partial charge on any atom is -0.337 e. The number of amides is 2. The van der Waals surface area contributed by atoms with Gasteiger partial charge in [0.05, 0.1) is 0 Å². The number of rotatable bonds is 5. The third kappa shape index (κ3) is 3.53. The van der Waals surface area contributed by atoms with E-state index in [0.29, 0.717) is 12.5 Å². The lowest BCUT2D eigenvalue weighted by Crippen LogP contribution is -2.61. The maximum Gasteiger partial charge on any atom is 0.315 e. The lowest BCUT2D eigenvalue weighted by Gasteiger charge is -2.56. The zero-order chi connectivity index (χ0) is 15.0. The molecule has 21 heavy (non-hydrogen) atoms. The zero-order valence-electron chi connectivity index (χ0n) is 13.5. The second-order valence-corrected chi connectivity index (χ2v) is 8.42. The number of urea groups is 1. The molecule has 4 N–H and O–H groups in total. The number of hydrogen-bond donors (Lipinski definition) is 3. The van der Waals surface area contributed by atoms with E-state index in [2.05, 4.69) is 24.5 Å². The average Bonchev–Trinajstić information content (AvgIpc) is 2.33. The Balaban J connectivity index is 1.49. The quantitative estimate of drug-likeness (QED) is 0.729. The highest BCUT2D eigenvalue weighted by Gasteiger charge is 2.51. The SMILES string of the molecule is CC(C)CC(N)CNC(=O)NC12CC3CC(CC(C3)C1)C2. The minimum absolute atomic E-state index is 0.00356. The number of nitrogens with two attached hydrogens (primary N) is 1. The Labute approximate surface area is 128 Å². The normalized spacial score (nSPS) is 38.6. The third-order valence-corrected chi connectivity index (χ3v) is 5.72. The Kier molecular flexibility index (Phi) is 4.17. The molecule has 1 atom stereocenters. The van der Waals surface area contributed by atoms with Gasteiger partial charge in [0.15, 0.2) is 0 Å². The molecular weight excluding hydrogens is 262 g/mol. The van der Waals surface area contributed by atoms with Gasteiger partial charge in [-0.25, -0.2) is 4.79 Å². The molecule has 4 nitrogen and oxygen atoms in total. The van der Waals surface area contributed by atoms with Crippen LogP contribution in [0.25, 0.3) is 0 Å². The van der Waals surface area contributed by atoms with E-state index in [0.717, 1.165) is 24.2 Å². The molecule has 0 aromatic carbocycles. The maximum atomic E-state index is 12.2. The predicted octanol–water partition coefficient (Wildman–Crippen LogP) is 2.63. The van der Waals surface area contributed by atoms with Gasteiger partial charge in [0.1, 0.15) is 0 Å². The monoisotopic (exact) mass is 293 g/mol. The molecule has 4 aliphatic carbocycles. The number of carbonyl (C=O) groups excluding carboxylic acids is 1. The van der Waals surface area contributed by atoms with E-state index >= 15 is 0 Å². The van der Waals surface area contributed by atoms with Crippen LogP contribution in [0, 0.1) is 23.7 Å². The van der Waals surface area contributed by atoms with Gasteiger partial charge in [-0.3, -0.25) is 0 Å². The van der Waals surface area contributed by atoms with Crippen LogP contribution in [0.2, 0.25) is 0 Å². The van der Waals surface area contributed by atoms with Gasteiger partial charge < -0.3 is 16.4 Å². The first kappa shape index (κ1) is 15.1. The largest absolute Gasteiger partial charge is 0.337 e. The number of carbonyl (C=O) groups is 1. The average molecular weight is 293 g/mol. The van der Waals surface area contributed by atoms with Crippen LogP contribution >= 0.6 is 0 Å². The first-order valence-electron chi connectivity index (χ1n) is 8.76. The molecular formula is C17H31N3O. The van der Waals surface area contributed by atoms with Gasteiger partial charge in [-0.1, -0.05) is 13.8 Å². The van der Waals surface area contributed by atoms with Crippen LogP contribution in [0.3, 0.4) is 0 Å². The summed E-state index contributed by atoms with van der Waals surface area (Å²) in [5.74, 6) is 3.16. The van der Waals surface area contributed by atoms with Crippen LogP contribution in [0.4, 0.5) is 4.79 Å². The van der Waals surface area contributed by atoms with Gasteiger partial charge in [0, 0.05) is 18.1 Å². The van der Waals surface area contributed by atoms with Crippen molar-refractivity contribution in [2.75, 3.05) is 6.54 Å². The molecule has 0 aliphatic heterocycles. The molecule has 0 aromatic rings. The highest BCUT2D eigenvalue weighted by atomic mass is 16.2. The molecule has 4 saturated carbocycles. The topological polar surface area (TPSA) is 67.1 Å². The Bertz CT molecular complexity index is 358. The summed E-state index contributed by atoms with van der Waals surface area (Å²) >= 11 is 0. The van der Waals surface area contributed by atoms with E-state index in [-0.39, 0.29) is 17.6 Å². The molecule has 0 spiro atoms.